The molecule has 3 heteroatoms. The molecule has 0 aliphatic carbocycles. The molecule has 3 nitrogen and oxygen atoms in total. The Morgan fingerprint density at radius 1 is 0.944 bits per heavy atom. The van der Waals surface area contributed by atoms with Crippen LogP contribution in [0.3, 0.4) is 0 Å². The fraction of sp³-hybridized carbons (Fsp3) is 0.600. The lowest BCUT2D eigenvalue weighted by molar-refractivity contribution is 0.0342. The molecule has 2 aliphatic heterocycles. The summed E-state index contributed by atoms with van der Waals surface area (Å²) < 4.78 is 5.42. The maximum Gasteiger partial charge on any atom is 0.0594 e. The average molecular weight is 246 g/mol. The van der Waals surface area contributed by atoms with E-state index in [1.165, 1.54) is 37.2 Å². The van der Waals surface area contributed by atoms with E-state index in [1.54, 1.807) is 0 Å². The first-order chi connectivity index (χ1) is 8.93. The highest BCUT2D eigenvalue weighted by atomic mass is 16.5. The Kier molecular flexibility index (Phi) is 3.81. The van der Waals surface area contributed by atoms with Crippen LogP contribution in [0.1, 0.15) is 18.4 Å². The third-order valence-corrected chi connectivity index (χ3v) is 3.94. The van der Waals surface area contributed by atoms with Gasteiger partial charge in [-0.15, -0.1) is 0 Å². The summed E-state index contributed by atoms with van der Waals surface area (Å²) >= 11 is 0. The topological polar surface area (TPSA) is 15.7 Å². The Labute approximate surface area is 109 Å². The first-order valence-corrected chi connectivity index (χ1v) is 7.06. The second-order valence-corrected chi connectivity index (χ2v) is 5.21. The van der Waals surface area contributed by atoms with Gasteiger partial charge in [0.05, 0.1) is 13.2 Å². The predicted molar refractivity (Wildman–Crippen MR) is 74.0 cm³/mol. The molecule has 0 N–H and O–H groups in total. The van der Waals surface area contributed by atoms with Crippen molar-refractivity contribution in [3.05, 3.63) is 29.8 Å². The molecular weight excluding hydrogens is 224 g/mol. The van der Waals surface area contributed by atoms with Crippen molar-refractivity contribution in [1.82, 2.24) is 4.90 Å². The van der Waals surface area contributed by atoms with Gasteiger partial charge in [-0.3, -0.25) is 4.90 Å². The largest absolute Gasteiger partial charge is 0.379 e. The van der Waals surface area contributed by atoms with Gasteiger partial charge in [0.25, 0.3) is 0 Å². The molecule has 3 rings (SSSR count). The number of anilines is 1. The van der Waals surface area contributed by atoms with E-state index in [4.69, 9.17) is 4.74 Å². The second kappa shape index (κ2) is 5.72. The van der Waals surface area contributed by atoms with Crippen LogP contribution in [-0.2, 0) is 11.3 Å². The highest BCUT2D eigenvalue weighted by Gasteiger charge is 2.17. The third kappa shape index (κ3) is 2.68. The van der Waals surface area contributed by atoms with E-state index in [0.717, 1.165) is 32.8 Å². The van der Waals surface area contributed by atoms with Gasteiger partial charge in [0, 0.05) is 38.4 Å². The molecule has 0 spiro atoms. The second-order valence-electron chi connectivity index (χ2n) is 5.21. The molecule has 0 bridgehead atoms. The molecule has 2 saturated heterocycles. The average Bonchev–Trinajstić information content (AvgIpc) is 2.94. The molecular formula is C15H22N2O. The van der Waals surface area contributed by atoms with Crippen molar-refractivity contribution < 1.29 is 4.74 Å². The molecule has 2 fully saturated rings. The molecule has 1 aromatic rings. The highest BCUT2D eigenvalue weighted by molar-refractivity contribution is 5.54. The molecule has 18 heavy (non-hydrogen) atoms. The van der Waals surface area contributed by atoms with Gasteiger partial charge in [-0.1, -0.05) is 18.2 Å². The quantitative estimate of drug-likeness (QED) is 0.812. The molecule has 0 aromatic heterocycles. The number of rotatable bonds is 3. The molecule has 1 aromatic carbocycles. The first-order valence-electron chi connectivity index (χ1n) is 7.06. The summed E-state index contributed by atoms with van der Waals surface area (Å²) in [6.45, 7) is 7.40. The van der Waals surface area contributed by atoms with Crippen molar-refractivity contribution in [1.29, 1.82) is 0 Å². The molecule has 2 aliphatic rings. The van der Waals surface area contributed by atoms with E-state index in [2.05, 4.69) is 34.1 Å². The van der Waals surface area contributed by atoms with Gasteiger partial charge in [0.1, 0.15) is 0 Å². The van der Waals surface area contributed by atoms with E-state index >= 15 is 0 Å². The Balaban J connectivity index is 1.73. The van der Waals surface area contributed by atoms with Crippen molar-refractivity contribution in [3.8, 4) is 0 Å². The van der Waals surface area contributed by atoms with Crippen LogP contribution in [0.2, 0.25) is 0 Å². The molecule has 0 unspecified atom stereocenters. The van der Waals surface area contributed by atoms with Crippen LogP contribution in [0.4, 0.5) is 5.69 Å². The van der Waals surface area contributed by atoms with Crippen LogP contribution in [-0.4, -0.2) is 44.3 Å². The number of morpholine rings is 1. The number of ether oxygens (including phenoxy) is 1. The van der Waals surface area contributed by atoms with Gasteiger partial charge in [0.15, 0.2) is 0 Å². The lowest BCUT2D eigenvalue weighted by atomic mass is 10.1. The zero-order valence-corrected chi connectivity index (χ0v) is 11.0. The smallest absolute Gasteiger partial charge is 0.0594 e. The minimum absolute atomic E-state index is 0.881. The van der Waals surface area contributed by atoms with Gasteiger partial charge >= 0.3 is 0 Å². The van der Waals surface area contributed by atoms with Crippen LogP contribution < -0.4 is 4.90 Å². The summed E-state index contributed by atoms with van der Waals surface area (Å²) in [6, 6.07) is 8.88. The Hall–Kier alpha value is -1.06. The van der Waals surface area contributed by atoms with E-state index in [-0.39, 0.29) is 0 Å². The van der Waals surface area contributed by atoms with Gasteiger partial charge in [-0.25, -0.2) is 0 Å². The zero-order chi connectivity index (χ0) is 12.2. The monoisotopic (exact) mass is 246 g/mol. The van der Waals surface area contributed by atoms with Crippen LogP contribution in [0.15, 0.2) is 24.3 Å². The number of hydrogen-bond acceptors (Lipinski definition) is 3. The van der Waals surface area contributed by atoms with E-state index < -0.39 is 0 Å². The maximum atomic E-state index is 5.42. The Morgan fingerprint density at radius 2 is 1.67 bits per heavy atom. The standard InChI is InChI=1S/C15H22N2O/c1-2-6-15(17-7-3-4-8-17)14(5-1)13-16-9-11-18-12-10-16/h1-2,5-6H,3-4,7-13H2. The number of hydrogen-bond donors (Lipinski definition) is 0. The number of benzene rings is 1. The SMILES string of the molecule is c1ccc(N2CCCC2)c(CN2CCOCC2)c1. The maximum absolute atomic E-state index is 5.42. The summed E-state index contributed by atoms with van der Waals surface area (Å²) in [4.78, 5) is 5.04. The lowest BCUT2D eigenvalue weighted by Crippen LogP contribution is -2.36. The number of para-hydroxylation sites is 1. The summed E-state index contributed by atoms with van der Waals surface area (Å²) in [5.74, 6) is 0. The van der Waals surface area contributed by atoms with Crippen molar-refractivity contribution in [2.75, 3.05) is 44.3 Å². The van der Waals surface area contributed by atoms with Gasteiger partial charge in [-0.05, 0) is 24.5 Å². The van der Waals surface area contributed by atoms with Gasteiger partial charge in [-0.2, -0.15) is 0 Å². The molecule has 0 radical (unpaired) electrons. The van der Waals surface area contributed by atoms with Gasteiger partial charge in [0.2, 0.25) is 0 Å². The van der Waals surface area contributed by atoms with E-state index in [9.17, 15) is 0 Å². The van der Waals surface area contributed by atoms with Crippen LogP contribution >= 0.6 is 0 Å². The minimum atomic E-state index is 0.881. The summed E-state index contributed by atoms with van der Waals surface area (Å²) in [6.07, 6.45) is 2.68. The van der Waals surface area contributed by atoms with Crippen LogP contribution in [0, 0.1) is 0 Å². The fourth-order valence-electron chi connectivity index (χ4n) is 2.91. The molecule has 2 heterocycles. The zero-order valence-electron chi connectivity index (χ0n) is 11.0. The molecule has 98 valence electrons. The predicted octanol–water partition coefficient (Wildman–Crippen LogP) is 2.12. The minimum Gasteiger partial charge on any atom is -0.379 e. The lowest BCUT2D eigenvalue weighted by Gasteiger charge is -2.29. The molecule has 0 saturated carbocycles. The summed E-state index contributed by atoms with van der Waals surface area (Å²) in [7, 11) is 0. The summed E-state index contributed by atoms with van der Waals surface area (Å²) in [5, 5.41) is 0. The number of nitrogens with zero attached hydrogens (tertiary/aromatic N) is 2. The summed E-state index contributed by atoms with van der Waals surface area (Å²) in [5.41, 5.74) is 2.92. The normalized spacial score (nSPS) is 21.4. The first kappa shape index (κ1) is 12.0. The van der Waals surface area contributed by atoms with Crippen molar-refractivity contribution in [3.63, 3.8) is 0 Å². The fourth-order valence-corrected chi connectivity index (χ4v) is 2.91. The van der Waals surface area contributed by atoms with Crippen molar-refractivity contribution in [2.24, 2.45) is 0 Å². The third-order valence-electron chi connectivity index (χ3n) is 3.94. The van der Waals surface area contributed by atoms with Crippen LogP contribution in [0.25, 0.3) is 0 Å². The Morgan fingerprint density at radius 3 is 2.44 bits per heavy atom. The van der Waals surface area contributed by atoms with Crippen LogP contribution in [0.5, 0.6) is 0 Å². The molecule has 0 amide bonds. The van der Waals surface area contributed by atoms with E-state index in [1.807, 2.05) is 0 Å². The van der Waals surface area contributed by atoms with E-state index in [0.29, 0.717) is 0 Å². The molecule has 0 atom stereocenters. The van der Waals surface area contributed by atoms with Gasteiger partial charge < -0.3 is 9.64 Å². The van der Waals surface area contributed by atoms with Crippen molar-refractivity contribution >= 4 is 5.69 Å². The van der Waals surface area contributed by atoms with Crippen molar-refractivity contribution in [2.45, 2.75) is 19.4 Å². The highest BCUT2D eigenvalue weighted by Crippen LogP contribution is 2.25. The Bertz CT molecular complexity index is 382.